The van der Waals surface area contributed by atoms with Crippen LogP contribution in [0.1, 0.15) is 29.4 Å². The minimum Gasteiger partial charge on any atom is -0.358 e. The van der Waals surface area contributed by atoms with Gasteiger partial charge >= 0.3 is 0 Å². The van der Waals surface area contributed by atoms with Crippen molar-refractivity contribution < 1.29 is 9.59 Å². The van der Waals surface area contributed by atoms with Gasteiger partial charge in [-0.3, -0.25) is 9.59 Å². The van der Waals surface area contributed by atoms with E-state index < -0.39 is 0 Å². The molecule has 2 aromatic rings. The second-order valence-corrected chi connectivity index (χ2v) is 5.38. The molecule has 0 spiro atoms. The lowest BCUT2D eigenvalue weighted by Crippen LogP contribution is -2.56. The molecule has 5 heteroatoms. The van der Waals surface area contributed by atoms with Gasteiger partial charge in [0.05, 0.1) is 5.56 Å². The third kappa shape index (κ3) is 2.18. The zero-order chi connectivity index (χ0) is 15.0. The van der Waals surface area contributed by atoms with E-state index in [1.165, 1.54) is 0 Å². The smallest absolute Gasteiger partial charge is 0.257 e. The quantitative estimate of drug-likeness (QED) is 0.884. The zero-order valence-electron chi connectivity index (χ0n) is 12.3. The Morgan fingerprint density at radius 2 is 2.14 bits per heavy atom. The summed E-state index contributed by atoms with van der Waals surface area (Å²) in [5, 5.41) is 3.74. The summed E-state index contributed by atoms with van der Waals surface area (Å²) in [5.41, 5.74) is 2.48. The Hall–Kier alpha value is -2.30. The Morgan fingerprint density at radius 3 is 2.90 bits per heavy atom. The second kappa shape index (κ2) is 5.24. The van der Waals surface area contributed by atoms with Gasteiger partial charge in [-0.25, -0.2) is 0 Å². The third-order valence-corrected chi connectivity index (χ3v) is 4.09. The van der Waals surface area contributed by atoms with Crippen molar-refractivity contribution in [3.05, 3.63) is 35.5 Å². The number of aromatic nitrogens is 1. The predicted octanol–water partition coefficient (Wildman–Crippen LogP) is 1.83. The van der Waals surface area contributed by atoms with Crippen LogP contribution in [0.3, 0.4) is 0 Å². The molecule has 2 N–H and O–H groups in total. The van der Waals surface area contributed by atoms with Crippen LogP contribution in [0.4, 0.5) is 0 Å². The van der Waals surface area contributed by atoms with Crippen LogP contribution in [0.5, 0.6) is 0 Å². The number of rotatable bonds is 2. The lowest BCUT2D eigenvalue weighted by atomic mass is 10.1. The molecule has 1 fully saturated rings. The van der Waals surface area contributed by atoms with Gasteiger partial charge in [0.25, 0.3) is 5.91 Å². The Balaban J connectivity index is 2.03. The molecule has 1 aromatic heterocycles. The van der Waals surface area contributed by atoms with Crippen molar-refractivity contribution in [3.63, 3.8) is 0 Å². The molecule has 5 nitrogen and oxygen atoms in total. The molecule has 1 saturated heterocycles. The number of aryl methyl sites for hydroxylation is 1. The first-order chi connectivity index (χ1) is 10.1. The van der Waals surface area contributed by atoms with Crippen molar-refractivity contribution in [2.45, 2.75) is 26.3 Å². The van der Waals surface area contributed by atoms with Gasteiger partial charge in [0.2, 0.25) is 5.91 Å². The van der Waals surface area contributed by atoms with Gasteiger partial charge in [-0.1, -0.05) is 25.1 Å². The van der Waals surface area contributed by atoms with E-state index in [9.17, 15) is 9.59 Å². The number of benzene rings is 1. The molecule has 2 amide bonds. The topological polar surface area (TPSA) is 65.2 Å². The molecular weight excluding hydrogens is 266 g/mol. The summed E-state index contributed by atoms with van der Waals surface area (Å²) in [6.45, 7) is 4.90. The molecule has 21 heavy (non-hydrogen) atoms. The van der Waals surface area contributed by atoms with Crippen LogP contribution >= 0.6 is 0 Å². The summed E-state index contributed by atoms with van der Waals surface area (Å²) in [5.74, 6) is -0.124. The average molecular weight is 285 g/mol. The number of hydrogen-bond donors (Lipinski definition) is 2. The van der Waals surface area contributed by atoms with E-state index >= 15 is 0 Å². The van der Waals surface area contributed by atoms with Crippen molar-refractivity contribution in [3.8, 4) is 0 Å². The number of hydrogen-bond acceptors (Lipinski definition) is 2. The van der Waals surface area contributed by atoms with Crippen LogP contribution in [0, 0.1) is 6.92 Å². The van der Waals surface area contributed by atoms with Gasteiger partial charge in [-0.05, 0) is 19.4 Å². The molecule has 0 bridgehead atoms. The molecule has 1 atom stereocenters. The van der Waals surface area contributed by atoms with E-state index in [0.29, 0.717) is 25.1 Å². The molecular formula is C16H19N3O2. The molecule has 1 aromatic carbocycles. The number of nitrogens with zero attached hydrogens (tertiary/aromatic N) is 1. The first-order valence-corrected chi connectivity index (χ1v) is 7.29. The number of piperazine rings is 1. The van der Waals surface area contributed by atoms with Gasteiger partial charge in [-0.15, -0.1) is 0 Å². The summed E-state index contributed by atoms with van der Waals surface area (Å²) in [6.07, 6.45) is 0.624. The number of fused-ring (bicyclic) bond motifs is 1. The van der Waals surface area contributed by atoms with E-state index in [1.54, 1.807) is 4.90 Å². The highest BCUT2D eigenvalue weighted by Crippen LogP contribution is 2.25. The fourth-order valence-corrected chi connectivity index (χ4v) is 3.06. The number of para-hydroxylation sites is 1. The number of aromatic amines is 1. The second-order valence-electron chi connectivity index (χ2n) is 5.38. The van der Waals surface area contributed by atoms with Crippen LogP contribution in [0.25, 0.3) is 10.9 Å². The SMILES string of the molecule is CCC1C(=O)NCCN1C(=O)c1c(C)[nH]c2ccccc12. The molecule has 0 saturated carbocycles. The van der Waals surface area contributed by atoms with Crippen molar-refractivity contribution in [2.24, 2.45) is 0 Å². The van der Waals surface area contributed by atoms with Crippen LogP contribution in [0.2, 0.25) is 0 Å². The van der Waals surface area contributed by atoms with Gasteiger partial charge in [0.1, 0.15) is 6.04 Å². The van der Waals surface area contributed by atoms with Crippen molar-refractivity contribution in [1.82, 2.24) is 15.2 Å². The Labute approximate surface area is 123 Å². The summed E-state index contributed by atoms with van der Waals surface area (Å²) in [6, 6.07) is 7.39. The van der Waals surface area contributed by atoms with Crippen molar-refractivity contribution >= 4 is 22.7 Å². The summed E-state index contributed by atoms with van der Waals surface area (Å²) in [7, 11) is 0. The van der Waals surface area contributed by atoms with E-state index in [2.05, 4.69) is 10.3 Å². The average Bonchev–Trinajstić information content (AvgIpc) is 2.82. The van der Waals surface area contributed by atoms with Crippen LogP contribution in [-0.4, -0.2) is 40.8 Å². The molecule has 110 valence electrons. The molecule has 1 aliphatic heterocycles. The fourth-order valence-electron chi connectivity index (χ4n) is 3.06. The first-order valence-electron chi connectivity index (χ1n) is 7.29. The number of H-pyrrole nitrogens is 1. The van der Waals surface area contributed by atoms with Gasteiger partial charge in [-0.2, -0.15) is 0 Å². The van der Waals surface area contributed by atoms with Crippen LogP contribution < -0.4 is 5.32 Å². The number of amides is 2. The summed E-state index contributed by atoms with van der Waals surface area (Å²) in [4.78, 5) is 29.8. The maximum Gasteiger partial charge on any atom is 0.257 e. The Kier molecular flexibility index (Phi) is 3.41. The third-order valence-electron chi connectivity index (χ3n) is 4.09. The minimum absolute atomic E-state index is 0.0606. The van der Waals surface area contributed by atoms with Crippen molar-refractivity contribution in [1.29, 1.82) is 0 Å². The molecule has 1 aliphatic rings. The Bertz CT molecular complexity index is 705. The summed E-state index contributed by atoms with van der Waals surface area (Å²) < 4.78 is 0. The highest BCUT2D eigenvalue weighted by atomic mass is 16.2. The van der Waals surface area contributed by atoms with E-state index in [-0.39, 0.29) is 17.9 Å². The lowest BCUT2D eigenvalue weighted by Gasteiger charge is -2.34. The maximum atomic E-state index is 12.9. The highest BCUT2D eigenvalue weighted by Gasteiger charge is 2.33. The van der Waals surface area contributed by atoms with Crippen molar-refractivity contribution in [2.75, 3.05) is 13.1 Å². The van der Waals surface area contributed by atoms with E-state index in [4.69, 9.17) is 0 Å². The van der Waals surface area contributed by atoms with Gasteiger partial charge < -0.3 is 15.2 Å². The molecule has 2 heterocycles. The monoisotopic (exact) mass is 285 g/mol. The lowest BCUT2D eigenvalue weighted by molar-refractivity contribution is -0.127. The standard InChI is InChI=1S/C16H19N3O2/c1-3-13-15(20)17-8-9-19(13)16(21)14-10(2)18-12-7-5-4-6-11(12)14/h4-7,13,18H,3,8-9H2,1-2H3,(H,17,20). The zero-order valence-corrected chi connectivity index (χ0v) is 12.3. The van der Waals surface area contributed by atoms with E-state index in [0.717, 1.165) is 16.6 Å². The largest absolute Gasteiger partial charge is 0.358 e. The molecule has 3 rings (SSSR count). The maximum absolute atomic E-state index is 12.9. The van der Waals surface area contributed by atoms with Crippen LogP contribution in [0.15, 0.2) is 24.3 Å². The van der Waals surface area contributed by atoms with E-state index in [1.807, 2.05) is 38.1 Å². The Morgan fingerprint density at radius 1 is 1.38 bits per heavy atom. The summed E-state index contributed by atoms with van der Waals surface area (Å²) >= 11 is 0. The molecule has 1 unspecified atom stereocenters. The van der Waals surface area contributed by atoms with Crippen LogP contribution in [-0.2, 0) is 4.79 Å². The molecule has 0 radical (unpaired) electrons. The number of carbonyl (C=O) groups excluding carboxylic acids is 2. The predicted molar refractivity (Wildman–Crippen MR) is 81.2 cm³/mol. The van der Waals surface area contributed by atoms with Gasteiger partial charge in [0.15, 0.2) is 0 Å². The number of carbonyl (C=O) groups is 2. The molecule has 0 aliphatic carbocycles. The fraction of sp³-hybridized carbons (Fsp3) is 0.375. The van der Waals surface area contributed by atoms with Gasteiger partial charge in [0, 0.05) is 29.7 Å². The highest BCUT2D eigenvalue weighted by molar-refractivity contribution is 6.09. The normalized spacial score (nSPS) is 18.9. The minimum atomic E-state index is -0.376. The number of nitrogens with one attached hydrogen (secondary N) is 2. The first kappa shape index (κ1) is 13.7.